The zero-order valence-electron chi connectivity index (χ0n) is 11.9. The van der Waals surface area contributed by atoms with Crippen molar-refractivity contribution in [3.63, 3.8) is 0 Å². The van der Waals surface area contributed by atoms with Gasteiger partial charge in [-0.05, 0) is 55.5 Å². The van der Waals surface area contributed by atoms with Crippen molar-refractivity contribution in [2.24, 2.45) is 0 Å². The van der Waals surface area contributed by atoms with Crippen LogP contribution >= 0.6 is 15.9 Å². The molecule has 0 spiro atoms. The summed E-state index contributed by atoms with van der Waals surface area (Å²) in [6, 6.07) is 13.5. The van der Waals surface area contributed by atoms with Gasteiger partial charge < -0.3 is 4.74 Å². The molecule has 0 fully saturated rings. The highest BCUT2D eigenvalue weighted by Crippen LogP contribution is 2.12. The van der Waals surface area contributed by atoms with Crippen molar-refractivity contribution in [2.45, 2.75) is 6.92 Å². The van der Waals surface area contributed by atoms with E-state index >= 15 is 0 Å². The minimum Gasteiger partial charge on any atom is -0.494 e. The number of hydrogen-bond acceptors (Lipinski definition) is 3. The molecule has 0 aliphatic heterocycles. The van der Waals surface area contributed by atoms with Crippen molar-refractivity contribution >= 4 is 27.7 Å². The molecule has 22 heavy (non-hydrogen) atoms. The molecule has 2 aromatic carbocycles. The molecule has 2 aromatic rings. The fraction of sp³-hybridized carbons (Fsp3) is 0.125. The van der Waals surface area contributed by atoms with E-state index in [0.29, 0.717) is 23.5 Å². The first kappa shape index (κ1) is 16.0. The Labute approximate surface area is 136 Å². The molecule has 2 N–H and O–H groups in total. The van der Waals surface area contributed by atoms with E-state index < -0.39 is 5.91 Å². The van der Waals surface area contributed by atoms with Crippen molar-refractivity contribution in [2.75, 3.05) is 6.61 Å². The smallest absolute Gasteiger partial charge is 0.269 e. The highest BCUT2D eigenvalue weighted by Gasteiger charge is 2.09. The highest BCUT2D eigenvalue weighted by molar-refractivity contribution is 9.10. The van der Waals surface area contributed by atoms with Crippen LogP contribution in [0.25, 0.3) is 0 Å². The zero-order chi connectivity index (χ0) is 15.9. The molecule has 114 valence electrons. The summed E-state index contributed by atoms with van der Waals surface area (Å²) in [7, 11) is 0. The average Bonchev–Trinajstić information content (AvgIpc) is 2.54. The van der Waals surface area contributed by atoms with Crippen LogP contribution in [0.3, 0.4) is 0 Å². The Morgan fingerprint density at radius 1 is 0.909 bits per heavy atom. The second kappa shape index (κ2) is 7.61. The number of nitrogens with one attached hydrogen (secondary N) is 2. The van der Waals surface area contributed by atoms with Gasteiger partial charge in [0.2, 0.25) is 0 Å². The molecule has 0 bridgehead atoms. The van der Waals surface area contributed by atoms with E-state index in [1.165, 1.54) is 0 Å². The maximum absolute atomic E-state index is 11.9. The summed E-state index contributed by atoms with van der Waals surface area (Å²) in [6.45, 7) is 2.45. The van der Waals surface area contributed by atoms with Crippen LogP contribution in [0, 0.1) is 0 Å². The van der Waals surface area contributed by atoms with Gasteiger partial charge in [0.1, 0.15) is 5.75 Å². The summed E-state index contributed by atoms with van der Waals surface area (Å²) in [4.78, 5) is 23.8. The summed E-state index contributed by atoms with van der Waals surface area (Å²) in [6.07, 6.45) is 0. The number of hydrazine groups is 1. The van der Waals surface area contributed by atoms with Gasteiger partial charge in [0.25, 0.3) is 11.8 Å². The Balaban J connectivity index is 1.91. The third kappa shape index (κ3) is 4.33. The van der Waals surface area contributed by atoms with Crippen LogP contribution in [0.4, 0.5) is 0 Å². The van der Waals surface area contributed by atoms with Crippen LogP contribution in [0.15, 0.2) is 53.0 Å². The summed E-state index contributed by atoms with van der Waals surface area (Å²) in [5.74, 6) is -0.0850. The number of carbonyl (C=O) groups excluding carboxylic acids is 2. The molecule has 0 radical (unpaired) electrons. The minimum atomic E-state index is -0.395. The Morgan fingerprint density at radius 2 is 1.36 bits per heavy atom. The van der Waals surface area contributed by atoms with E-state index in [1.807, 2.05) is 6.92 Å². The molecule has 2 rings (SSSR count). The summed E-state index contributed by atoms with van der Waals surface area (Å²) < 4.78 is 6.18. The van der Waals surface area contributed by atoms with Crippen molar-refractivity contribution < 1.29 is 14.3 Å². The van der Waals surface area contributed by atoms with Gasteiger partial charge in [-0.2, -0.15) is 0 Å². The van der Waals surface area contributed by atoms with Gasteiger partial charge in [-0.1, -0.05) is 15.9 Å². The Kier molecular flexibility index (Phi) is 5.55. The van der Waals surface area contributed by atoms with Crippen LogP contribution < -0.4 is 15.6 Å². The van der Waals surface area contributed by atoms with Gasteiger partial charge in [0, 0.05) is 15.6 Å². The van der Waals surface area contributed by atoms with E-state index in [9.17, 15) is 9.59 Å². The monoisotopic (exact) mass is 362 g/mol. The average molecular weight is 363 g/mol. The number of benzene rings is 2. The lowest BCUT2D eigenvalue weighted by atomic mass is 10.2. The van der Waals surface area contributed by atoms with Crippen LogP contribution in [0.1, 0.15) is 27.6 Å². The molecular weight excluding hydrogens is 348 g/mol. The lowest BCUT2D eigenvalue weighted by molar-refractivity contribution is 0.0846. The van der Waals surface area contributed by atoms with E-state index in [4.69, 9.17) is 4.74 Å². The Morgan fingerprint density at radius 3 is 1.82 bits per heavy atom. The molecule has 6 heteroatoms. The van der Waals surface area contributed by atoms with Crippen molar-refractivity contribution in [3.8, 4) is 5.75 Å². The first-order chi connectivity index (χ1) is 10.6. The predicted octanol–water partition coefficient (Wildman–Crippen LogP) is 2.92. The first-order valence-corrected chi connectivity index (χ1v) is 7.48. The van der Waals surface area contributed by atoms with E-state index in [-0.39, 0.29) is 5.91 Å². The van der Waals surface area contributed by atoms with Gasteiger partial charge in [0.15, 0.2) is 0 Å². The fourth-order valence-electron chi connectivity index (χ4n) is 1.73. The van der Waals surface area contributed by atoms with Gasteiger partial charge in [-0.25, -0.2) is 0 Å². The first-order valence-electron chi connectivity index (χ1n) is 6.69. The molecule has 2 amide bonds. The zero-order valence-corrected chi connectivity index (χ0v) is 13.5. The summed E-state index contributed by atoms with van der Waals surface area (Å²) >= 11 is 3.29. The molecule has 0 saturated carbocycles. The van der Waals surface area contributed by atoms with Gasteiger partial charge in [-0.15, -0.1) is 0 Å². The molecule has 5 nitrogen and oxygen atoms in total. The Hall–Kier alpha value is -2.34. The van der Waals surface area contributed by atoms with Crippen LogP contribution in [0.5, 0.6) is 5.75 Å². The largest absolute Gasteiger partial charge is 0.494 e. The summed E-state index contributed by atoms with van der Waals surface area (Å²) in [5, 5.41) is 0. The quantitative estimate of drug-likeness (QED) is 0.821. The second-order valence-electron chi connectivity index (χ2n) is 4.37. The molecule has 0 unspecified atom stereocenters. The van der Waals surface area contributed by atoms with E-state index in [1.54, 1.807) is 48.5 Å². The van der Waals surface area contributed by atoms with Gasteiger partial charge in [-0.3, -0.25) is 20.4 Å². The van der Waals surface area contributed by atoms with E-state index in [0.717, 1.165) is 4.47 Å². The van der Waals surface area contributed by atoms with E-state index in [2.05, 4.69) is 26.8 Å². The third-order valence-corrected chi connectivity index (χ3v) is 3.35. The fourth-order valence-corrected chi connectivity index (χ4v) is 1.99. The SMILES string of the molecule is CCOc1ccc(C(=O)NNC(=O)c2ccc(Br)cc2)cc1. The number of rotatable bonds is 4. The molecule has 0 aliphatic carbocycles. The number of amides is 2. The number of carbonyl (C=O) groups is 2. The topological polar surface area (TPSA) is 67.4 Å². The lowest BCUT2D eigenvalue weighted by Crippen LogP contribution is -2.41. The number of halogens is 1. The van der Waals surface area contributed by atoms with Crippen molar-refractivity contribution in [1.29, 1.82) is 0 Å². The number of ether oxygens (including phenoxy) is 1. The Bertz CT molecular complexity index is 654. The molecular formula is C16H15BrN2O3. The lowest BCUT2D eigenvalue weighted by Gasteiger charge is -2.08. The van der Waals surface area contributed by atoms with Crippen molar-refractivity contribution in [1.82, 2.24) is 10.9 Å². The van der Waals surface area contributed by atoms with Gasteiger partial charge >= 0.3 is 0 Å². The predicted molar refractivity (Wildman–Crippen MR) is 86.7 cm³/mol. The molecule has 0 aliphatic rings. The maximum atomic E-state index is 11.9. The van der Waals surface area contributed by atoms with Crippen LogP contribution in [-0.2, 0) is 0 Å². The van der Waals surface area contributed by atoms with Crippen molar-refractivity contribution in [3.05, 3.63) is 64.1 Å². The summed E-state index contributed by atoms with van der Waals surface area (Å²) in [5.41, 5.74) is 5.63. The molecule has 0 heterocycles. The van der Waals surface area contributed by atoms with Crippen LogP contribution in [0.2, 0.25) is 0 Å². The molecule has 0 aromatic heterocycles. The highest BCUT2D eigenvalue weighted by atomic mass is 79.9. The molecule has 0 saturated heterocycles. The van der Waals surface area contributed by atoms with Gasteiger partial charge in [0.05, 0.1) is 6.61 Å². The second-order valence-corrected chi connectivity index (χ2v) is 5.29. The molecule has 0 atom stereocenters. The standard InChI is InChI=1S/C16H15BrN2O3/c1-2-22-14-9-5-12(6-10-14)16(21)19-18-15(20)11-3-7-13(17)8-4-11/h3-10H,2H2,1H3,(H,18,20)(H,19,21). The normalized spacial score (nSPS) is 9.91. The maximum Gasteiger partial charge on any atom is 0.269 e. The number of hydrogen-bond donors (Lipinski definition) is 2. The minimum absolute atomic E-state index is 0.383. The van der Waals surface area contributed by atoms with Crippen LogP contribution in [-0.4, -0.2) is 18.4 Å². The third-order valence-electron chi connectivity index (χ3n) is 2.82.